The van der Waals surface area contributed by atoms with E-state index in [1.54, 1.807) is 0 Å². The van der Waals surface area contributed by atoms with Gasteiger partial charge in [0.2, 0.25) is 0 Å². The molecule has 1 aliphatic rings. The molecule has 0 aromatic heterocycles. The summed E-state index contributed by atoms with van der Waals surface area (Å²) >= 11 is 1.95. The van der Waals surface area contributed by atoms with Gasteiger partial charge in [-0.15, -0.1) is 18.3 Å². The summed E-state index contributed by atoms with van der Waals surface area (Å²) in [4.78, 5) is 8.05. The third-order valence-electron chi connectivity index (χ3n) is 3.43. The van der Waals surface area contributed by atoms with E-state index in [9.17, 15) is 0 Å². The van der Waals surface area contributed by atoms with Crippen molar-refractivity contribution in [3.05, 3.63) is 43.0 Å². The van der Waals surface area contributed by atoms with Crippen molar-refractivity contribution >= 4 is 17.7 Å². The standard InChI is InChI=1S/C16H23N3S/c1-3-10-18-16(17-2)19-11-9-14(12-19)13-20-15-7-5-4-6-8-15/h3-8,14H,1,9-13H2,2H3,(H,17,18). The Kier molecular flexibility index (Phi) is 5.99. The average Bonchev–Trinajstić information content (AvgIpc) is 2.96. The molecule has 1 aliphatic heterocycles. The number of hydrogen-bond donors (Lipinski definition) is 1. The first kappa shape index (κ1) is 15.0. The number of nitrogens with zero attached hydrogens (tertiary/aromatic N) is 2. The van der Waals surface area contributed by atoms with Gasteiger partial charge in [0.25, 0.3) is 0 Å². The molecule has 1 aromatic carbocycles. The molecule has 4 heteroatoms. The largest absolute Gasteiger partial charge is 0.353 e. The molecule has 1 heterocycles. The Morgan fingerprint density at radius 1 is 1.50 bits per heavy atom. The zero-order valence-electron chi connectivity index (χ0n) is 12.1. The van der Waals surface area contributed by atoms with Gasteiger partial charge in [-0.2, -0.15) is 0 Å². The van der Waals surface area contributed by atoms with Crippen LogP contribution >= 0.6 is 11.8 Å². The van der Waals surface area contributed by atoms with Crippen LogP contribution in [0.3, 0.4) is 0 Å². The maximum Gasteiger partial charge on any atom is 0.193 e. The zero-order chi connectivity index (χ0) is 14.2. The summed E-state index contributed by atoms with van der Waals surface area (Å²) in [6.07, 6.45) is 3.11. The molecule has 1 N–H and O–H groups in total. The Morgan fingerprint density at radius 3 is 3.00 bits per heavy atom. The second-order valence-electron chi connectivity index (χ2n) is 4.94. The minimum atomic E-state index is 0.738. The number of rotatable bonds is 5. The molecular formula is C16H23N3S. The molecule has 108 valence electrons. The summed E-state index contributed by atoms with van der Waals surface area (Å²) in [6, 6.07) is 10.6. The quantitative estimate of drug-likeness (QED) is 0.391. The average molecular weight is 289 g/mol. The lowest BCUT2D eigenvalue weighted by Gasteiger charge is -2.21. The first-order chi connectivity index (χ1) is 9.83. The minimum absolute atomic E-state index is 0.738. The lowest BCUT2D eigenvalue weighted by Crippen LogP contribution is -2.40. The smallest absolute Gasteiger partial charge is 0.193 e. The van der Waals surface area contributed by atoms with Crippen molar-refractivity contribution in [1.29, 1.82) is 0 Å². The predicted molar refractivity (Wildman–Crippen MR) is 88.4 cm³/mol. The second kappa shape index (κ2) is 8.00. The molecular weight excluding hydrogens is 266 g/mol. The van der Waals surface area contributed by atoms with Crippen LogP contribution in [0.25, 0.3) is 0 Å². The van der Waals surface area contributed by atoms with Gasteiger partial charge in [-0.3, -0.25) is 4.99 Å². The monoisotopic (exact) mass is 289 g/mol. The van der Waals surface area contributed by atoms with Gasteiger partial charge in [0.05, 0.1) is 0 Å². The lowest BCUT2D eigenvalue weighted by atomic mass is 10.2. The van der Waals surface area contributed by atoms with Crippen LogP contribution in [0.15, 0.2) is 52.9 Å². The van der Waals surface area contributed by atoms with Crippen molar-refractivity contribution in [2.24, 2.45) is 10.9 Å². The maximum absolute atomic E-state index is 4.34. The van der Waals surface area contributed by atoms with Gasteiger partial charge in [-0.25, -0.2) is 0 Å². The number of likely N-dealkylation sites (tertiary alicyclic amines) is 1. The van der Waals surface area contributed by atoms with E-state index in [1.807, 2.05) is 24.9 Å². The molecule has 20 heavy (non-hydrogen) atoms. The van der Waals surface area contributed by atoms with Crippen molar-refractivity contribution in [2.45, 2.75) is 11.3 Å². The van der Waals surface area contributed by atoms with Crippen LogP contribution in [-0.2, 0) is 0 Å². The Bertz CT molecular complexity index is 444. The number of guanidine groups is 1. The van der Waals surface area contributed by atoms with Gasteiger partial charge < -0.3 is 10.2 Å². The third-order valence-corrected chi connectivity index (χ3v) is 4.67. The molecule has 0 aliphatic carbocycles. The van der Waals surface area contributed by atoms with E-state index in [1.165, 1.54) is 17.1 Å². The molecule has 1 aromatic rings. The number of benzene rings is 1. The molecule has 0 spiro atoms. The molecule has 1 unspecified atom stereocenters. The van der Waals surface area contributed by atoms with Gasteiger partial charge in [0, 0.05) is 37.3 Å². The zero-order valence-corrected chi connectivity index (χ0v) is 12.9. The topological polar surface area (TPSA) is 27.6 Å². The van der Waals surface area contributed by atoms with Gasteiger partial charge in [-0.1, -0.05) is 24.3 Å². The molecule has 1 atom stereocenters. The van der Waals surface area contributed by atoms with Crippen molar-refractivity contribution < 1.29 is 0 Å². The minimum Gasteiger partial charge on any atom is -0.353 e. The number of thioether (sulfide) groups is 1. The first-order valence-electron chi connectivity index (χ1n) is 7.08. The third kappa shape index (κ3) is 4.30. The van der Waals surface area contributed by atoms with E-state index >= 15 is 0 Å². The first-order valence-corrected chi connectivity index (χ1v) is 8.06. The van der Waals surface area contributed by atoms with E-state index in [0.717, 1.165) is 31.5 Å². The van der Waals surface area contributed by atoms with Crippen molar-refractivity contribution in [2.75, 3.05) is 32.4 Å². The molecule has 0 amide bonds. The Morgan fingerprint density at radius 2 is 2.30 bits per heavy atom. The Hall–Kier alpha value is -1.42. The van der Waals surface area contributed by atoms with Crippen LogP contribution in [0.1, 0.15) is 6.42 Å². The summed E-state index contributed by atoms with van der Waals surface area (Å²) < 4.78 is 0. The molecule has 1 saturated heterocycles. The fraction of sp³-hybridized carbons (Fsp3) is 0.438. The van der Waals surface area contributed by atoms with Crippen LogP contribution in [0, 0.1) is 5.92 Å². The van der Waals surface area contributed by atoms with Gasteiger partial charge in [-0.05, 0) is 24.5 Å². The summed E-state index contributed by atoms with van der Waals surface area (Å²) in [5, 5.41) is 3.31. The summed E-state index contributed by atoms with van der Waals surface area (Å²) in [5.74, 6) is 2.92. The van der Waals surface area contributed by atoms with Crippen molar-refractivity contribution in [3.63, 3.8) is 0 Å². The molecule has 3 nitrogen and oxygen atoms in total. The predicted octanol–water partition coefficient (Wildman–Crippen LogP) is 2.86. The van der Waals surface area contributed by atoms with Crippen LogP contribution in [-0.4, -0.2) is 43.3 Å². The van der Waals surface area contributed by atoms with Crippen LogP contribution in [0.5, 0.6) is 0 Å². The molecule has 0 radical (unpaired) electrons. The second-order valence-corrected chi connectivity index (χ2v) is 6.03. The highest BCUT2D eigenvalue weighted by atomic mass is 32.2. The lowest BCUT2D eigenvalue weighted by molar-refractivity contribution is 0.478. The SMILES string of the molecule is C=CCNC(=NC)N1CCC(CSc2ccccc2)C1. The number of nitrogens with one attached hydrogen (secondary N) is 1. The summed E-state index contributed by atoms with van der Waals surface area (Å²) in [7, 11) is 1.84. The highest BCUT2D eigenvalue weighted by molar-refractivity contribution is 7.99. The van der Waals surface area contributed by atoms with Crippen LogP contribution in [0.4, 0.5) is 0 Å². The summed E-state index contributed by atoms with van der Waals surface area (Å²) in [6.45, 7) is 6.69. The molecule has 2 rings (SSSR count). The van der Waals surface area contributed by atoms with E-state index in [4.69, 9.17) is 0 Å². The van der Waals surface area contributed by atoms with Gasteiger partial charge >= 0.3 is 0 Å². The van der Waals surface area contributed by atoms with Crippen molar-refractivity contribution in [1.82, 2.24) is 10.2 Å². The highest BCUT2D eigenvalue weighted by Crippen LogP contribution is 2.25. The Balaban J connectivity index is 1.78. The Labute approximate surface area is 126 Å². The fourth-order valence-electron chi connectivity index (χ4n) is 2.39. The summed E-state index contributed by atoms with van der Waals surface area (Å²) in [5.41, 5.74) is 0. The van der Waals surface area contributed by atoms with E-state index in [0.29, 0.717) is 0 Å². The van der Waals surface area contributed by atoms with Gasteiger partial charge in [0.15, 0.2) is 5.96 Å². The van der Waals surface area contributed by atoms with Crippen LogP contribution in [0.2, 0.25) is 0 Å². The maximum atomic E-state index is 4.34. The van der Waals surface area contributed by atoms with Crippen molar-refractivity contribution in [3.8, 4) is 0 Å². The van der Waals surface area contributed by atoms with E-state index < -0.39 is 0 Å². The normalized spacial score (nSPS) is 19.1. The van der Waals surface area contributed by atoms with Crippen LogP contribution < -0.4 is 5.32 Å². The molecule has 0 saturated carbocycles. The van der Waals surface area contributed by atoms with E-state index in [-0.39, 0.29) is 0 Å². The highest BCUT2D eigenvalue weighted by Gasteiger charge is 2.24. The fourth-order valence-corrected chi connectivity index (χ4v) is 3.44. The molecule has 1 fully saturated rings. The van der Waals surface area contributed by atoms with Gasteiger partial charge in [0.1, 0.15) is 0 Å². The number of hydrogen-bond acceptors (Lipinski definition) is 2. The van der Waals surface area contributed by atoms with E-state index in [2.05, 4.69) is 52.1 Å². The molecule has 0 bridgehead atoms. The number of aliphatic imine (C=N–C) groups is 1.